The fourth-order valence-corrected chi connectivity index (χ4v) is 1.33. The molecule has 0 aliphatic rings. The van der Waals surface area contributed by atoms with Crippen molar-refractivity contribution < 1.29 is 24.2 Å². The molecule has 2 N–H and O–H groups in total. The molecule has 104 valence electrons. The number of methoxy groups -OCH3 is 1. The SMILES string of the molecule is COC(=O)CCCOC(=O)Nc1ccc(CO)cc1. The second-order valence-corrected chi connectivity index (χ2v) is 3.80. The van der Waals surface area contributed by atoms with Crippen LogP contribution in [-0.4, -0.2) is 30.9 Å². The first-order valence-corrected chi connectivity index (χ1v) is 5.86. The largest absolute Gasteiger partial charge is 0.469 e. The number of carbonyl (C=O) groups excluding carboxylic acids is 2. The highest BCUT2D eigenvalue weighted by molar-refractivity contribution is 5.84. The monoisotopic (exact) mass is 267 g/mol. The molecule has 0 radical (unpaired) electrons. The van der Waals surface area contributed by atoms with Crippen LogP contribution in [0.3, 0.4) is 0 Å². The Bertz CT molecular complexity index is 416. The molecule has 0 bridgehead atoms. The lowest BCUT2D eigenvalue weighted by Crippen LogP contribution is -2.15. The molecule has 6 heteroatoms. The summed E-state index contributed by atoms with van der Waals surface area (Å²) in [5, 5.41) is 11.4. The van der Waals surface area contributed by atoms with E-state index < -0.39 is 6.09 Å². The number of benzene rings is 1. The number of aliphatic hydroxyl groups excluding tert-OH is 1. The van der Waals surface area contributed by atoms with Crippen molar-refractivity contribution >= 4 is 17.7 Å². The second-order valence-electron chi connectivity index (χ2n) is 3.80. The van der Waals surface area contributed by atoms with Crippen molar-refractivity contribution in [2.45, 2.75) is 19.4 Å². The molecule has 1 amide bonds. The topological polar surface area (TPSA) is 84.9 Å². The summed E-state index contributed by atoms with van der Waals surface area (Å²) in [7, 11) is 1.31. The molecule has 0 fully saturated rings. The average Bonchev–Trinajstić information content (AvgIpc) is 2.44. The number of hydrogen-bond acceptors (Lipinski definition) is 5. The van der Waals surface area contributed by atoms with E-state index in [1.807, 2.05) is 0 Å². The molecule has 6 nitrogen and oxygen atoms in total. The van der Waals surface area contributed by atoms with E-state index in [2.05, 4.69) is 10.1 Å². The van der Waals surface area contributed by atoms with Crippen LogP contribution >= 0.6 is 0 Å². The third-order valence-corrected chi connectivity index (χ3v) is 2.37. The maximum Gasteiger partial charge on any atom is 0.411 e. The quantitative estimate of drug-likeness (QED) is 0.605. The van der Waals surface area contributed by atoms with Crippen LogP contribution in [0.1, 0.15) is 18.4 Å². The molecule has 0 aliphatic heterocycles. The third-order valence-electron chi connectivity index (χ3n) is 2.37. The number of rotatable bonds is 6. The Hall–Kier alpha value is -2.08. The average molecular weight is 267 g/mol. The summed E-state index contributed by atoms with van der Waals surface area (Å²) in [6, 6.07) is 6.74. The summed E-state index contributed by atoms with van der Waals surface area (Å²) >= 11 is 0. The maximum absolute atomic E-state index is 11.4. The lowest BCUT2D eigenvalue weighted by molar-refractivity contribution is -0.140. The summed E-state index contributed by atoms with van der Waals surface area (Å²) in [6.45, 7) is 0.105. The smallest absolute Gasteiger partial charge is 0.411 e. The molecule has 0 aliphatic carbocycles. The first-order chi connectivity index (χ1) is 9.15. The number of anilines is 1. The molecule has 0 atom stereocenters. The van der Waals surface area contributed by atoms with E-state index in [1.54, 1.807) is 24.3 Å². The molecule has 0 unspecified atom stereocenters. The zero-order chi connectivity index (χ0) is 14.1. The summed E-state index contributed by atoms with van der Waals surface area (Å²) in [5.74, 6) is -0.330. The van der Waals surface area contributed by atoms with Crippen molar-refractivity contribution in [3.63, 3.8) is 0 Å². The van der Waals surface area contributed by atoms with Crippen molar-refractivity contribution in [3.05, 3.63) is 29.8 Å². The van der Waals surface area contributed by atoms with Crippen molar-refractivity contribution in [1.29, 1.82) is 0 Å². The highest BCUT2D eigenvalue weighted by Gasteiger charge is 2.04. The summed E-state index contributed by atoms with van der Waals surface area (Å²) in [6.07, 6.45) is 0.0556. The third kappa shape index (κ3) is 5.87. The highest BCUT2D eigenvalue weighted by atomic mass is 16.5. The van der Waals surface area contributed by atoms with Crippen LogP contribution < -0.4 is 5.32 Å². The number of amides is 1. The molecular formula is C13H17NO5. The van der Waals surface area contributed by atoms with Gasteiger partial charge in [-0.15, -0.1) is 0 Å². The zero-order valence-electron chi connectivity index (χ0n) is 10.7. The Labute approximate surface area is 111 Å². The summed E-state index contributed by atoms with van der Waals surface area (Å²) < 4.78 is 9.35. The van der Waals surface area contributed by atoms with Crippen LogP contribution in [0.5, 0.6) is 0 Å². The van der Waals surface area contributed by atoms with Gasteiger partial charge in [0.2, 0.25) is 0 Å². The maximum atomic E-state index is 11.4. The Kier molecular flexibility index (Phi) is 6.38. The Balaban J connectivity index is 2.25. The van der Waals surface area contributed by atoms with E-state index in [-0.39, 0.29) is 25.6 Å². The number of nitrogens with one attached hydrogen (secondary N) is 1. The van der Waals surface area contributed by atoms with E-state index >= 15 is 0 Å². The number of aliphatic hydroxyl groups is 1. The van der Waals surface area contributed by atoms with Gasteiger partial charge in [0.05, 0.1) is 20.3 Å². The number of hydrogen-bond donors (Lipinski definition) is 2. The molecule has 1 rings (SSSR count). The fourth-order valence-electron chi connectivity index (χ4n) is 1.33. The van der Waals surface area contributed by atoms with Crippen molar-refractivity contribution in [2.75, 3.05) is 19.0 Å². The van der Waals surface area contributed by atoms with Crippen molar-refractivity contribution in [1.82, 2.24) is 0 Å². The molecule has 0 aromatic heterocycles. The second kappa shape index (κ2) is 8.10. The molecule has 1 aromatic carbocycles. The van der Waals surface area contributed by atoms with E-state index in [0.717, 1.165) is 5.56 Å². The van der Waals surface area contributed by atoms with Gasteiger partial charge in [-0.1, -0.05) is 12.1 Å². The first kappa shape index (κ1) is 15.0. The van der Waals surface area contributed by atoms with Crippen LogP contribution in [0.2, 0.25) is 0 Å². The molecule has 0 heterocycles. The number of ether oxygens (including phenoxy) is 2. The number of carbonyl (C=O) groups is 2. The Morgan fingerprint density at radius 2 is 1.95 bits per heavy atom. The Morgan fingerprint density at radius 1 is 1.26 bits per heavy atom. The first-order valence-electron chi connectivity index (χ1n) is 5.86. The Morgan fingerprint density at radius 3 is 2.53 bits per heavy atom. The minimum atomic E-state index is -0.582. The van der Waals surface area contributed by atoms with Gasteiger partial charge in [0, 0.05) is 12.1 Å². The predicted octanol–water partition coefficient (Wildman–Crippen LogP) is 1.68. The minimum Gasteiger partial charge on any atom is -0.469 e. The van der Waals surface area contributed by atoms with Gasteiger partial charge >= 0.3 is 12.1 Å². The van der Waals surface area contributed by atoms with Gasteiger partial charge in [-0.2, -0.15) is 0 Å². The molecular weight excluding hydrogens is 250 g/mol. The van der Waals surface area contributed by atoms with E-state index in [4.69, 9.17) is 9.84 Å². The van der Waals surface area contributed by atoms with Gasteiger partial charge in [-0.3, -0.25) is 10.1 Å². The molecule has 19 heavy (non-hydrogen) atoms. The summed E-state index contributed by atoms with van der Waals surface area (Å²) in [4.78, 5) is 22.2. The van der Waals surface area contributed by atoms with Gasteiger partial charge in [0.15, 0.2) is 0 Å². The van der Waals surface area contributed by atoms with Gasteiger partial charge in [-0.05, 0) is 24.1 Å². The van der Waals surface area contributed by atoms with Gasteiger partial charge in [-0.25, -0.2) is 4.79 Å². The van der Waals surface area contributed by atoms with Gasteiger partial charge in [0.1, 0.15) is 0 Å². The lowest BCUT2D eigenvalue weighted by Gasteiger charge is -2.07. The molecule has 0 saturated heterocycles. The molecule has 0 spiro atoms. The van der Waals surface area contributed by atoms with E-state index in [9.17, 15) is 9.59 Å². The van der Waals surface area contributed by atoms with Crippen LogP contribution in [0.4, 0.5) is 10.5 Å². The van der Waals surface area contributed by atoms with Crippen LogP contribution in [0, 0.1) is 0 Å². The van der Waals surface area contributed by atoms with Crippen LogP contribution in [0.25, 0.3) is 0 Å². The van der Waals surface area contributed by atoms with Crippen LogP contribution in [0.15, 0.2) is 24.3 Å². The standard InChI is InChI=1S/C13H17NO5/c1-18-12(16)3-2-8-19-13(17)14-11-6-4-10(9-15)5-7-11/h4-7,15H,2-3,8-9H2,1H3,(H,14,17). The molecule has 0 saturated carbocycles. The summed E-state index contributed by atoms with van der Waals surface area (Å²) in [5.41, 5.74) is 1.34. The van der Waals surface area contributed by atoms with Crippen LogP contribution in [-0.2, 0) is 20.9 Å². The van der Waals surface area contributed by atoms with Gasteiger partial charge < -0.3 is 14.6 Å². The minimum absolute atomic E-state index is 0.0434. The van der Waals surface area contributed by atoms with Crippen molar-refractivity contribution in [3.8, 4) is 0 Å². The van der Waals surface area contributed by atoms with E-state index in [0.29, 0.717) is 12.1 Å². The number of esters is 1. The van der Waals surface area contributed by atoms with E-state index in [1.165, 1.54) is 7.11 Å². The van der Waals surface area contributed by atoms with Gasteiger partial charge in [0.25, 0.3) is 0 Å². The fraction of sp³-hybridized carbons (Fsp3) is 0.385. The predicted molar refractivity (Wildman–Crippen MR) is 68.6 cm³/mol. The van der Waals surface area contributed by atoms with Crippen molar-refractivity contribution in [2.24, 2.45) is 0 Å². The zero-order valence-corrected chi connectivity index (χ0v) is 10.7. The lowest BCUT2D eigenvalue weighted by atomic mass is 10.2. The highest BCUT2D eigenvalue weighted by Crippen LogP contribution is 2.09. The molecule has 1 aromatic rings. The normalized spacial score (nSPS) is 9.79.